The Kier molecular flexibility index (Phi) is 3.05. The average molecular weight is 239 g/mol. The lowest BCUT2D eigenvalue weighted by atomic mass is 10.2. The topological polar surface area (TPSA) is 63.6 Å². The van der Waals surface area contributed by atoms with E-state index >= 15 is 0 Å². The Morgan fingerprint density at radius 1 is 1.62 bits per heavy atom. The number of H-pyrrole nitrogens is 1. The van der Waals surface area contributed by atoms with Gasteiger partial charge in [0, 0.05) is 18.9 Å². The van der Waals surface area contributed by atoms with Crippen LogP contribution in [0.15, 0.2) is 18.6 Å². The highest BCUT2D eigenvalue weighted by Crippen LogP contribution is 2.18. The van der Waals surface area contributed by atoms with Gasteiger partial charge in [-0.05, 0) is 6.42 Å². The van der Waals surface area contributed by atoms with E-state index in [1.54, 1.807) is 10.9 Å². The number of carbonyl (C=O) groups excluding carboxylic acids is 1. The lowest BCUT2D eigenvalue weighted by Gasteiger charge is -2.03. The number of imidazole rings is 1. The number of nitrogens with zero attached hydrogens (tertiary/aromatic N) is 3. The van der Waals surface area contributed by atoms with Crippen LogP contribution in [0.3, 0.4) is 0 Å². The van der Waals surface area contributed by atoms with Crippen LogP contribution in [-0.4, -0.2) is 25.5 Å². The highest BCUT2D eigenvalue weighted by Gasteiger charge is 2.20. The Balaban J connectivity index is 2.39. The van der Waals surface area contributed by atoms with Crippen LogP contribution in [0.25, 0.3) is 0 Å². The fraction of sp³-hybridized carbons (Fsp3) is 0.300. The summed E-state index contributed by atoms with van der Waals surface area (Å²) in [6, 6.07) is 0. The largest absolute Gasteiger partial charge is 0.342 e. The van der Waals surface area contributed by atoms with E-state index in [2.05, 4.69) is 15.1 Å². The van der Waals surface area contributed by atoms with E-state index in [4.69, 9.17) is 11.6 Å². The normalized spacial score (nSPS) is 10.6. The van der Waals surface area contributed by atoms with Crippen LogP contribution in [0.1, 0.15) is 29.7 Å². The number of hydrogen-bond acceptors (Lipinski definition) is 3. The number of aromatic nitrogens is 4. The Hall–Kier alpha value is -1.62. The SMILES string of the molecule is CCCn1ncc(Cl)c1C(=O)c1ncc[nH]1. The minimum Gasteiger partial charge on any atom is -0.342 e. The van der Waals surface area contributed by atoms with Crippen LogP contribution >= 0.6 is 11.6 Å². The van der Waals surface area contributed by atoms with Gasteiger partial charge in [-0.15, -0.1) is 0 Å². The molecule has 0 radical (unpaired) electrons. The maximum absolute atomic E-state index is 12.0. The minimum atomic E-state index is -0.235. The monoisotopic (exact) mass is 238 g/mol. The first-order valence-electron chi connectivity index (χ1n) is 4.99. The molecular formula is C10H11ClN4O. The molecule has 0 atom stereocenters. The van der Waals surface area contributed by atoms with Gasteiger partial charge in [0.1, 0.15) is 5.69 Å². The van der Waals surface area contributed by atoms with Crippen molar-refractivity contribution in [1.29, 1.82) is 0 Å². The van der Waals surface area contributed by atoms with Crippen LogP contribution in [0.2, 0.25) is 5.02 Å². The summed E-state index contributed by atoms with van der Waals surface area (Å²) in [6.45, 7) is 2.67. The molecule has 2 aromatic heterocycles. The second kappa shape index (κ2) is 4.49. The van der Waals surface area contributed by atoms with Crippen molar-refractivity contribution in [2.45, 2.75) is 19.9 Å². The summed E-state index contributed by atoms with van der Waals surface area (Å²) < 4.78 is 1.60. The molecule has 1 N–H and O–H groups in total. The summed E-state index contributed by atoms with van der Waals surface area (Å²) in [7, 11) is 0. The van der Waals surface area contributed by atoms with Crippen molar-refractivity contribution in [1.82, 2.24) is 19.7 Å². The van der Waals surface area contributed by atoms with Crippen LogP contribution in [0.4, 0.5) is 0 Å². The van der Waals surface area contributed by atoms with Crippen molar-refractivity contribution in [2.75, 3.05) is 0 Å². The van der Waals surface area contributed by atoms with E-state index in [9.17, 15) is 4.79 Å². The summed E-state index contributed by atoms with van der Waals surface area (Å²) >= 11 is 5.95. The molecule has 0 bridgehead atoms. The van der Waals surface area contributed by atoms with Gasteiger partial charge in [-0.3, -0.25) is 9.48 Å². The summed E-state index contributed by atoms with van der Waals surface area (Å²) in [4.78, 5) is 18.7. The van der Waals surface area contributed by atoms with Gasteiger partial charge in [-0.2, -0.15) is 5.10 Å². The molecule has 0 aliphatic heterocycles. The van der Waals surface area contributed by atoms with Crippen molar-refractivity contribution in [3.05, 3.63) is 35.1 Å². The summed E-state index contributed by atoms with van der Waals surface area (Å²) in [5, 5.41) is 4.41. The van der Waals surface area contributed by atoms with Crippen LogP contribution in [0.5, 0.6) is 0 Å². The van der Waals surface area contributed by atoms with Crippen molar-refractivity contribution >= 4 is 17.4 Å². The fourth-order valence-electron chi connectivity index (χ4n) is 1.47. The molecule has 0 aromatic carbocycles. The van der Waals surface area contributed by atoms with Crippen molar-refractivity contribution in [2.24, 2.45) is 0 Å². The standard InChI is InChI=1S/C10H11ClN4O/c1-2-5-15-8(7(11)6-14-15)9(16)10-12-3-4-13-10/h3-4,6H,2,5H2,1H3,(H,12,13). The third-order valence-electron chi connectivity index (χ3n) is 2.16. The summed E-state index contributed by atoms with van der Waals surface area (Å²) in [6.07, 6.45) is 5.49. The number of carbonyl (C=O) groups is 1. The molecule has 0 unspecified atom stereocenters. The fourth-order valence-corrected chi connectivity index (χ4v) is 1.70. The molecule has 0 fully saturated rings. The van der Waals surface area contributed by atoms with Gasteiger partial charge in [0.15, 0.2) is 5.82 Å². The van der Waals surface area contributed by atoms with E-state index in [-0.39, 0.29) is 11.6 Å². The lowest BCUT2D eigenvalue weighted by molar-refractivity contribution is 0.102. The molecular weight excluding hydrogens is 228 g/mol. The predicted molar refractivity (Wildman–Crippen MR) is 59.5 cm³/mol. The van der Waals surface area contributed by atoms with Crippen LogP contribution in [0, 0.1) is 0 Å². The number of ketones is 1. The second-order valence-corrected chi connectivity index (χ2v) is 3.74. The number of hydrogen-bond donors (Lipinski definition) is 1. The van der Waals surface area contributed by atoms with E-state index < -0.39 is 0 Å². The van der Waals surface area contributed by atoms with Gasteiger partial charge in [0.2, 0.25) is 5.78 Å². The molecule has 0 saturated heterocycles. The molecule has 2 aromatic rings. The Bertz CT molecular complexity index is 489. The predicted octanol–water partition coefficient (Wildman–Crippen LogP) is 1.90. The number of rotatable bonds is 4. The molecule has 16 heavy (non-hydrogen) atoms. The van der Waals surface area contributed by atoms with Crippen LogP contribution < -0.4 is 0 Å². The third-order valence-corrected chi connectivity index (χ3v) is 2.44. The molecule has 0 aliphatic rings. The molecule has 0 amide bonds. The molecule has 0 aliphatic carbocycles. The smallest absolute Gasteiger partial charge is 0.247 e. The molecule has 84 valence electrons. The number of halogens is 1. The molecule has 0 saturated carbocycles. The molecule has 2 heterocycles. The highest BCUT2D eigenvalue weighted by molar-refractivity contribution is 6.34. The first-order valence-corrected chi connectivity index (χ1v) is 5.37. The Labute approximate surface area is 97.4 Å². The number of aryl methyl sites for hydroxylation is 1. The van der Waals surface area contributed by atoms with Crippen molar-refractivity contribution in [3.63, 3.8) is 0 Å². The lowest BCUT2D eigenvalue weighted by Crippen LogP contribution is -2.13. The van der Waals surface area contributed by atoms with E-state index in [0.717, 1.165) is 6.42 Å². The number of nitrogens with one attached hydrogen (secondary N) is 1. The van der Waals surface area contributed by atoms with Gasteiger partial charge < -0.3 is 4.98 Å². The van der Waals surface area contributed by atoms with Gasteiger partial charge in [0.05, 0.1) is 11.2 Å². The molecule has 5 nitrogen and oxygen atoms in total. The molecule has 2 rings (SSSR count). The first-order chi connectivity index (χ1) is 7.74. The van der Waals surface area contributed by atoms with Gasteiger partial charge >= 0.3 is 0 Å². The maximum atomic E-state index is 12.0. The molecule has 0 spiro atoms. The quantitative estimate of drug-likeness (QED) is 0.828. The number of aromatic amines is 1. The Morgan fingerprint density at radius 2 is 2.44 bits per heavy atom. The highest BCUT2D eigenvalue weighted by atomic mass is 35.5. The maximum Gasteiger partial charge on any atom is 0.247 e. The van der Waals surface area contributed by atoms with Gasteiger partial charge in [-0.25, -0.2) is 4.98 Å². The zero-order chi connectivity index (χ0) is 11.5. The minimum absolute atomic E-state index is 0.235. The van der Waals surface area contributed by atoms with Crippen molar-refractivity contribution < 1.29 is 4.79 Å². The third kappa shape index (κ3) is 1.86. The Morgan fingerprint density at radius 3 is 3.06 bits per heavy atom. The molecule has 6 heteroatoms. The van der Waals surface area contributed by atoms with Gasteiger partial charge in [-0.1, -0.05) is 18.5 Å². The van der Waals surface area contributed by atoms with E-state index in [0.29, 0.717) is 17.3 Å². The van der Waals surface area contributed by atoms with Crippen LogP contribution in [-0.2, 0) is 6.54 Å². The zero-order valence-corrected chi connectivity index (χ0v) is 9.53. The summed E-state index contributed by atoms with van der Waals surface area (Å²) in [5.41, 5.74) is 0.387. The average Bonchev–Trinajstić information content (AvgIpc) is 2.88. The zero-order valence-electron chi connectivity index (χ0n) is 8.77. The van der Waals surface area contributed by atoms with Crippen molar-refractivity contribution in [3.8, 4) is 0 Å². The van der Waals surface area contributed by atoms with Gasteiger partial charge in [0.25, 0.3) is 0 Å². The van der Waals surface area contributed by atoms with E-state index in [1.807, 2.05) is 6.92 Å². The summed E-state index contributed by atoms with van der Waals surface area (Å²) in [5.74, 6) is 0.0423. The first kappa shape index (κ1) is 10.9. The van der Waals surface area contributed by atoms with E-state index in [1.165, 1.54) is 12.4 Å². The second-order valence-electron chi connectivity index (χ2n) is 3.33.